The summed E-state index contributed by atoms with van der Waals surface area (Å²) >= 11 is 0. The van der Waals surface area contributed by atoms with Gasteiger partial charge in [0.05, 0.1) is 17.1 Å². The molecule has 0 saturated carbocycles. The molecule has 0 fully saturated rings. The Morgan fingerprint density at radius 2 is 2.00 bits per heavy atom. The molecule has 1 N–H and O–H groups in total. The first-order chi connectivity index (χ1) is 8.33. The Labute approximate surface area is 102 Å². The van der Waals surface area contributed by atoms with E-state index in [0.717, 1.165) is 35.9 Å². The smallest absolute Gasteiger partial charge is 0.0944 e. The highest BCUT2D eigenvalue weighted by Gasteiger charge is 2.11. The Hall–Kier alpha value is -1.48. The van der Waals surface area contributed by atoms with Crippen LogP contribution in [0.15, 0.2) is 30.6 Å². The van der Waals surface area contributed by atoms with E-state index in [1.165, 1.54) is 6.42 Å². The number of aromatic nitrogens is 2. The molecule has 1 unspecified atom stereocenters. The van der Waals surface area contributed by atoms with Gasteiger partial charge in [-0.25, -0.2) is 0 Å². The average Bonchev–Trinajstić information content (AvgIpc) is 2.38. The summed E-state index contributed by atoms with van der Waals surface area (Å²) in [7, 11) is 0. The number of rotatable bonds is 5. The lowest BCUT2D eigenvalue weighted by Gasteiger charge is -2.12. The Morgan fingerprint density at radius 1 is 1.18 bits per heavy atom. The van der Waals surface area contributed by atoms with Gasteiger partial charge in [-0.05, 0) is 12.5 Å². The number of unbranched alkanes of at least 4 members (excludes halogenated alkanes) is 2. The second-order valence-electron chi connectivity index (χ2n) is 4.28. The molecule has 3 nitrogen and oxygen atoms in total. The van der Waals surface area contributed by atoms with Gasteiger partial charge in [-0.15, -0.1) is 0 Å². The van der Waals surface area contributed by atoms with E-state index in [4.69, 9.17) is 0 Å². The van der Waals surface area contributed by atoms with Gasteiger partial charge >= 0.3 is 0 Å². The largest absolute Gasteiger partial charge is 0.388 e. The third kappa shape index (κ3) is 2.80. The minimum Gasteiger partial charge on any atom is -0.388 e. The lowest BCUT2D eigenvalue weighted by Crippen LogP contribution is -2.00. The summed E-state index contributed by atoms with van der Waals surface area (Å²) in [4.78, 5) is 8.56. The van der Waals surface area contributed by atoms with Crippen LogP contribution in [0.1, 0.15) is 44.3 Å². The van der Waals surface area contributed by atoms with Crippen LogP contribution in [0.4, 0.5) is 0 Å². The summed E-state index contributed by atoms with van der Waals surface area (Å²) in [6, 6.07) is 5.79. The van der Waals surface area contributed by atoms with Crippen LogP contribution in [0.25, 0.3) is 11.0 Å². The molecule has 0 saturated heterocycles. The summed E-state index contributed by atoms with van der Waals surface area (Å²) in [5.41, 5.74) is 2.56. The molecule has 0 aliphatic heterocycles. The maximum absolute atomic E-state index is 10.2. The normalized spacial score (nSPS) is 12.8. The van der Waals surface area contributed by atoms with Crippen molar-refractivity contribution in [3.05, 3.63) is 36.2 Å². The fourth-order valence-electron chi connectivity index (χ4n) is 2.03. The highest BCUT2D eigenvalue weighted by Crippen LogP contribution is 2.25. The first-order valence-electron chi connectivity index (χ1n) is 6.20. The van der Waals surface area contributed by atoms with Gasteiger partial charge in [0.2, 0.25) is 0 Å². The third-order valence-corrected chi connectivity index (χ3v) is 2.97. The van der Waals surface area contributed by atoms with Crippen molar-refractivity contribution in [2.75, 3.05) is 0 Å². The Morgan fingerprint density at radius 3 is 2.82 bits per heavy atom. The SMILES string of the molecule is CCCCCC(O)c1cccc2nccnc12. The summed E-state index contributed by atoms with van der Waals surface area (Å²) in [5, 5.41) is 10.2. The number of aliphatic hydroxyl groups excluding tert-OH is 1. The van der Waals surface area contributed by atoms with E-state index in [1.54, 1.807) is 12.4 Å². The van der Waals surface area contributed by atoms with Gasteiger partial charge in [0.15, 0.2) is 0 Å². The molecule has 2 aromatic rings. The standard InChI is InChI=1S/C14H18N2O/c1-2-3-4-8-13(17)11-6-5-7-12-14(11)16-10-9-15-12/h5-7,9-10,13,17H,2-4,8H2,1H3. The quantitative estimate of drug-likeness (QED) is 0.802. The molecule has 1 aromatic heterocycles. The first-order valence-corrected chi connectivity index (χ1v) is 6.20. The lowest BCUT2D eigenvalue weighted by atomic mass is 10.0. The van der Waals surface area contributed by atoms with Crippen LogP contribution >= 0.6 is 0 Å². The van der Waals surface area contributed by atoms with Crippen molar-refractivity contribution in [2.24, 2.45) is 0 Å². The van der Waals surface area contributed by atoms with Gasteiger partial charge < -0.3 is 5.11 Å². The minimum absolute atomic E-state index is 0.429. The van der Waals surface area contributed by atoms with E-state index in [-0.39, 0.29) is 0 Å². The van der Waals surface area contributed by atoms with Crippen molar-refractivity contribution in [1.82, 2.24) is 9.97 Å². The van der Waals surface area contributed by atoms with Gasteiger partial charge in [-0.1, -0.05) is 38.3 Å². The highest BCUT2D eigenvalue weighted by atomic mass is 16.3. The predicted molar refractivity (Wildman–Crippen MR) is 68.6 cm³/mol. The molecule has 1 aromatic carbocycles. The molecular formula is C14H18N2O. The molecule has 0 amide bonds. The van der Waals surface area contributed by atoms with E-state index in [9.17, 15) is 5.11 Å². The van der Waals surface area contributed by atoms with E-state index in [2.05, 4.69) is 16.9 Å². The molecule has 0 radical (unpaired) electrons. The maximum atomic E-state index is 10.2. The molecule has 0 aliphatic rings. The van der Waals surface area contributed by atoms with Gasteiger partial charge in [0.1, 0.15) is 0 Å². The molecule has 3 heteroatoms. The van der Waals surface area contributed by atoms with Gasteiger partial charge in [-0.3, -0.25) is 9.97 Å². The first kappa shape index (κ1) is 12.0. The maximum Gasteiger partial charge on any atom is 0.0944 e. The molecule has 0 bridgehead atoms. The van der Waals surface area contributed by atoms with Crippen LogP contribution in [0.2, 0.25) is 0 Å². The van der Waals surface area contributed by atoms with Crippen LogP contribution in [-0.2, 0) is 0 Å². The predicted octanol–water partition coefficient (Wildman–Crippen LogP) is 3.24. The van der Waals surface area contributed by atoms with E-state index in [0.29, 0.717) is 0 Å². The lowest BCUT2D eigenvalue weighted by molar-refractivity contribution is 0.165. The molecule has 1 heterocycles. The van der Waals surface area contributed by atoms with E-state index < -0.39 is 6.10 Å². The number of nitrogens with zero attached hydrogens (tertiary/aromatic N) is 2. The topological polar surface area (TPSA) is 46.0 Å². The van der Waals surface area contributed by atoms with E-state index >= 15 is 0 Å². The van der Waals surface area contributed by atoms with Crippen molar-refractivity contribution in [3.63, 3.8) is 0 Å². The van der Waals surface area contributed by atoms with Crippen molar-refractivity contribution in [3.8, 4) is 0 Å². The molecule has 90 valence electrons. The number of para-hydroxylation sites is 1. The average molecular weight is 230 g/mol. The number of fused-ring (bicyclic) bond motifs is 1. The van der Waals surface area contributed by atoms with Crippen molar-refractivity contribution in [1.29, 1.82) is 0 Å². The number of aliphatic hydroxyl groups is 1. The Bertz CT molecular complexity index is 479. The second kappa shape index (κ2) is 5.73. The molecule has 17 heavy (non-hydrogen) atoms. The molecule has 0 aliphatic carbocycles. The highest BCUT2D eigenvalue weighted by molar-refractivity contribution is 5.77. The number of hydrogen-bond acceptors (Lipinski definition) is 3. The van der Waals surface area contributed by atoms with Crippen molar-refractivity contribution >= 4 is 11.0 Å². The summed E-state index contributed by atoms with van der Waals surface area (Å²) in [5.74, 6) is 0. The monoisotopic (exact) mass is 230 g/mol. The molecule has 1 atom stereocenters. The molecular weight excluding hydrogens is 212 g/mol. The second-order valence-corrected chi connectivity index (χ2v) is 4.28. The summed E-state index contributed by atoms with van der Waals surface area (Å²) in [6.45, 7) is 2.16. The van der Waals surface area contributed by atoms with Crippen LogP contribution < -0.4 is 0 Å². The number of benzene rings is 1. The van der Waals surface area contributed by atoms with Gasteiger partial charge in [0.25, 0.3) is 0 Å². The van der Waals surface area contributed by atoms with Crippen LogP contribution in [0.5, 0.6) is 0 Å². The minimum atomic E-state index is -0.429. The zero-order chi connectivity index (χ0) is 12.1. The Balaban J connectivity index is 2.22. The Kier molecular flexibility index (Phi) is 4.04. The third-order valence-electron chi connectivity index (χ3n) is 2.97. The van der Waals surface area contributed by atoms with Crippen LogP contribution in [0.3, 0.4) is 0 Å². The zero-order valence-corrected chi connectivity index (χ0v) is 10.1. The number of hydrogen-bond donors (Lipinski definition) is 1. The molecule has 0 spiro atoms. The molecule has 2 rings (SSSR count). The summed E-state index contributed by atoms with van der Waals surface area (Å²) in [6.07, 6.45) is 7.09. The van der Waals surface area contributed by atoms with Gasteiger partial charge in [-0.2, -0.15) is 0 Å². The zero-order valence-electron chi connectivity index (χ0n) is 10.1. The fraction of sp³-hybridized carbons (Fsp3) is 0.429. The summed E-state index contributed by atoms with van der Waals surface area (Å²) < 4.78 is 0. The van der Waals surface area contributed by atoms with Crippen molar-refractivity contribution < 1.29 is 5.11 Å². The van der Waals surface area contributed by atoms with Crippen LogP contribution in [0, 0.1) is 0 Å². The van der Waals surface area contributed by atoms with Gasteiger partial charge in [0, 0.05) is 18.0 Å². The van der Waals surface area contributed by atoms with E-state index in [1.807, 2.05) is 18.2 Å². The fourth-order valence-corrected chi connectivity index (χ4v) is 2.03. The van der Waals surface area contributed by atoms with Crippen LogP contribution in [-0.4, -0.2) is 15.1 Å². The van der Waals surface area contributed by atoms with Crippen molar-refractivity contribution in [2.45, 2.75) is 38.7 Å².